The molecule has 2 N–H and O–H groups in total. The van der Waals surface area contributed by atoms with Gasteiger partial charge in [0.15, 0.2) is 0 Å². The van der Waals surface area contributed by atoms with Gasteiger partial charge < -0.3 is 14.9 Å². The van der Waals surface area contributed by atoms with Crippen molar-refractivity contribution in [2.24, 2.45) is 5.92 Å². The van der Waals surface area contributed by atoms with E-state index >= 15 is 0 Å². The Bertz CT molecular complexity index is 385. The molecule has 4 nitrogen and oxygen atoms in total. The van der Waals surface area contributed by atoms with Crippen molar-refractivity contribution in [1.82, 2.24) is 0 Å². The highest BCUT2D eigenvalue weighted by molar-refractivity contribution is 5.77. The first kappa shape index (κ1) is 12.4. The third-order valence-electron chi connectivity index (χ3n) is 2.51. The zero-order valence-electron chi connectivity index (χ0n) is 9.60. The van der Waals surface area contributed by atoms with Crippen molar-refractivity contribution in [1.29, 1.82) is 0 Å². The summed E-state index contributed by atoms with van der Waals surface area (Å²) >= 11 is 0. The molecule has 1 rings (SSSR count). The first-order chi connectivity index (χ1) is 7.47. The Labute approximate surface area is 94.5 Å². The van der Waals surface area contributed by atoms with Crippen molar-refractivity contribution >= 4 is 5.97 Å². The normalized spacial score (nSPS) is 12.5. The lowest BCUT2D eigenvalue weighted by molar-refractivity contribution is -0.139. The molecule has 0 saturated heterocycles. The minimum Gasteiger partial charge on any atom is -0.508 e. The van der Waals surface area contributed by atoms with E-state index in [2.05, 4.69) is 0 Å². The van der Waals surface area contributed by atoms with E-state index in [0.29, 0.717) is 11.3 Å². The van der Waals surface area contributed by atoms with Crippen LogP contribution in [-0.2, 0) is 4.79 Å². The number of aliphatic carboxylic acids is 1. The Morgan fingerprint density at radius 1 is 1.38 bits per heavy atom. The fourth-order valence-electron chi connectivity index (χ4n) is 1.69. The predicted octanol–water partition coefficient (Wildman–Crippen LogP) is 2.23. The number of ether oxygens (including phenoxy) is 1. The molecule has 0 aromatic heterocycles. The molecule has 0 amide bonds. The fraction of sp³-hybridized carbons (Fsp3) is 0.417. The maximum atomic E-state index is 11.1. The van der Waals surface area contributed by atoms with Crippen LogP contribution in [0.2, 0.25) is 0 Å². The molecular weight excluding hydrogens is 208 g/mol. The molecular formula is C12H16O4. The van der Waals surface area contributed by atoms with Crippen LogP contribution in [0.25, 0.3) is 0 Å². The molecule has 0 fully saturated rings. The summed E-state index contributed by atoms with van der Waals surface area (Å²) in [6.07, 6.45) is 0. The van der Waals surface area contributed by atoms with E-state index in [1.165, 1.54) is 13.2 Å². The van der Waals surface area contributed by atoms with Gasteiger partial charge in [0.1, 0.15) is 11.5 Å². The Hall–Kier alpha value is -1.71. The van der Waals surface area contributed by atoms with Crippen molar-refractivity contribution in [3.63, 3.8) is 0 Å². The molecule has 0 aliphatic heterocycles. The lowest BCUT2D eigenvalue weighted by Gasteiger charge is -2.18. The minimum absolute atomic E-state index is 0.0412. The van der Waals surface area contributed by atoms with Gasteiger partial charge in [-0.2, -0.15) is 0 Å². The number of aromatic hydroxyl groups is 1. The second-order valence-corrected chi connectivity index (χ2v) is 3.98. The van der Waals surface area contributed by atoms with E-state index in [4.69, 9.17) is 9.84 Å². The molecule has 0 aliphatic rings. The fourth-order valence-corrected chi connectivity index (χ4v) is 1.69. The number of carbonyl (C=O) groups is 1. The third-order valence-corrected chi connectivity index (χ3v) is 2.51. The van der Waals surface area contributed by atoms with E-state index in [1.54, 1.807) is 12.1 Å². The largest absolute Gasteiger partial charge is 0.508 e. The molecule has 4 heteroatoms. The Morgan fingerprint density at radius 3 is 2.38 bits per heavy atom. The van der Waals surface area contributed by atoms with Crippen LogP contribution in [-0.4, -0.2) is 23.3 Å². The molecule has 1 unspecified atom stereocenters. The Balaban J connectivity index is 3.15. The number of methoxy groups -OCH3 is 1. The van der Waals surface area contributed by atoms with Crippen LogP contribution in [0.15, 0.2) is 18.2 Å². The maximum Gasteiger partial charge on any atom is 0.311 e. The zero-order valence-corrected chi connectivity index (χ0v) is 9.60. The Kier molecular flexibility index (Phi) is 3.77. The number of hydrogen-bond acceptors (Lipinski definition) is 3. The van der Waals surface area contributed by atoms with Crippen molar-refractivity contribution < 1.29 is 19.7 Å². The summed E-state index contributed by atoms with van der Waals surface area (Å²) in [6.45, 7) is 3.62. The minimum atomic E-state index is -0.935. The van der Waals surface area contributed by atoms with E-state index in [-0.39, 0.29) is 11.7 Å². The van der Waals surface area contributed by atoms with Gasteiger partial charge in [0.05, 0.1) is 13.0 Å². The van der Waals surface area contributed by atoms with Crippen molar-refractivity contribution in [3.05, 3.63) is 23.8 Å². The SMILES string of the molecule is COc1ccc(C(C(=O)O)C(C)C)c(O)c1. The second-order valence-electron chi connectivity index (χ2n) is 3.98. The summed E-state index contributed by atoms with van der Waals surface area (Å²) in [5.74, 6) is -1.26. The molecule has 0 heterocycles. The van der Waals surface area contributed by atoms with E-state index in [9.17, 15) is 9.90 Å². The van der Waals surface area contributed by atoms with Gasteiger partial charge in [-0.15, -0.1) is 0 Å². The summed E-state index contributed by atoms with van der Waals surface area (Å²) in [5.41, 5.74) is 0.420. The highest BCUT2D eigenvalue weighted by Crippen LogP contribution is 2.33. The van der Waals surface area contributed by atoms with Crippen molar-refractivity contribution in [3.8, 4) is 11.5 Å². The van der Waals surface area contributed by atoms with Gasteiger partial charge in [-0.05, 0) is 12.0 Å². The molecule has 0 saturated carbocycles. The molecule has 0 bridgehead atoms. The highest BCUT2D eigenvalue weighted by atomic mass is 16.5. The molecule has 1 aromatic rings. The summed E-state index contributed by atoms with van der Waals surface area (Å²) in [4.78, 5) is 11.1. The second kappa shape index (κ2) is 4.88. The van der Waals surface area contributed by atoms with Crippen molar-refractivity contribution in [2.75, 3.05) is 7.11 Å². The standard InChI is InChI=1S/C12H16O4/c1-7(2)11(12(14)15)9-5-4-8(16-3)6-10(9)13/h4-7,11,13H,1-3H3,(H,14,15). The van der Waals surface area contributed by atoms with Crippen LogP contribution >= 0.6 is 0 Å². The van der Waals surface area contributed by atoms with Gasteiger partial charge in [0.2, 0.25) is 0 Å². The quantitative estimate of drug-likeness (QED) is 0.823. The molecule has 1 aromatic carbocycles. The van der Waals surface area contributed by atoms with Gasteiger partial charge in [0, 0.05) is 11.6 Å². The average Bonchev–Trinajstić information content (AvgIpc) is 2.19. The van der Waals surface area contributed by atoms with E-state index in [1.807, 2.05) is 13.8 Å². The number of phenolic OH excluding ortho intramolecular Hbond substituents is 1. The first-order valence-electron chi connectivity index (χ1n) is 5.07. The number of hydrogen-bond donors (Lipinski definition) is 2. The molecule has 0 aliphatic carbocycles. The molecule has 0 radical (unpaired) electrons. The van der Waals surface area contributed by atoms with Gasteiger partial charge >= 0.3 is 5.97 Å². The van der Waals surface area contributed by atoms with Crippen LogP contribution in [0, 0.1) is 5.92 Å². The zero-order chi connectivity index (χ0) is 12.3. The summed E-state index contributed by atoms with van der Waals surface area (Å²) < 4.78 is 4.94. The van der Waals surface area contributed by atoms with Crippen LogP contribution in [0.1, 0.15) is 25.3 Å². The molecule has 1 atom stereocenters. The molecule has 0 spiro atoms. The van der Waals surface area contributed by atoms with Gasteiger partial charge in [-0.25, -0.2) is 0 Å². The van der Waals surface area contributed by atoms with Gasteiger partial charge in [-0.3, -0.25) is 4.79 Å². The average molecular weight is 224 g/mol. The number of benzene rings is 1. The molecule has 16 heavy (non-hydrogen) atoms. The van der Waals surface area contributed by atoms with E-state index in [0.717, 1.165) is 0 Å². The van der Waals surface area contributed by atoms with E-state index < -0.39 is 11.9 Å². The highest BCUT2D eigenvalue weighted by Gasteiger charge is 2.26. The summed E-state index contributed by atoms with van der Waals surface area (Å²) in [7, 11) is 1.49. The monoisotopic (exact) mass is 224 g/mol. The predicted molar refractivity (Wildman–Crippen MR) is 59.9 cm³/mol. The lowest BCUT2D eigenvalue weighted by Crippen LogP contribution is -2.17. The third kappa shape index (κ3) is 2.45. The number of rotatable bonds is 4. The number of carboxylic acid groups (broad SMARTS) is 1. The van der Waals surface area contributed by atoms with Gasteiger partial charge in [-0.1, -0.05) is 19.9 Å². The first-order valence-corrected chi connectivity index (χ1v) is 5.07. The van der Waals surface area contributed by atoms with Crippen LogP contribution in [0.5, 0.6) is 11.5 Å². The molecule has 88 valence electrons. The van der Waals surface area contributed by atoms with Crippen LogP contribution in [0.3, 0.4) is 0 Å². The van der Waals surface area contributed by atoms with Crippen molar-refractivity contribution in [2.45, 2.75) is 19.8 Å². The maximum absolute atomic E-state index is 11.1. The van der Waals surface area contributed by atoms with Gasteiger partial charge in [0.25, 0.3) is 0 Å². The van der Waals surface area contributed by atoms with Crippen LogP contribution in [0.4, 0.5) is 0 Å². The smallest absolute Gasteiger partial charge is 0.311 e. The summed E-state index contributed by atoms with van der Waals surface area (Å²) in [5, 5.41) is 18.9. The Morgan fingerprint density at radius 2 is 2.00 bits per heavy atom. The lowest BCUT2D eigenvalue weighted by atomic mass is 9.88. The number of carboxylic acids is 1. The summed E-state index contributed by atoms with van der Waals surface area (Å²) in [6, 6.07) is 4.66. The number of phenols is 1. The van der Waals surface area contributed by atoms with Crippen LogP contribution < -0.4 is 4.74 Å². The topological polar surface area (TPSA) is 66.8 Å².